The number of halogens is 1. The lowest BCUT2D eigenvalue weighted by Crippen LogP contribution is -2.52. The van der Waals surface area contributed by atoms with E-state index < -0.39 is 10.0 Å². The van der Waals surface area contributed by atoms with Crippen molar-refractivity contribution in [1.82, 2.24) is 14.1 Å². The standard InChI is InChI=1S/C23H23FN4O3S/c1-2-11-26(17-19-7-9-21(24)10-8-19)18-23(29)27-12-14-28(15-13-27)32(30,31)22-6-4-3-5-20(22)16-25/h1,3-10H,11-15,17-18H2. The average molecular weight is 455 g/mol. The van der Waals surface area contributed by atoms with Crippen molar-refractivity contribution in [3.63, 3.8) is 0 Å². The summed E-state index contributed by atoms with van der Waals surface area (Å²) in [5, 5.41) is 9.22. The fourth-order valence-electron chi connectivity index (χ4n) is 3.54. The molecular formula is C23H23FN4O3S. The first-order valence-electron chi connectivity index (χ1n) is 10.0. The number of hydrogen-bond donors (Lipinski definition) is 0. The van der Waals surface area contributed by atoms with Crippen molar-refractivity contribution in [3.05, 3.63) is 65.5 Å². The van der Waals surface area contributed by atoms with Gasteiger partial charge in [0.1, 0.15) is 11.9 Å². The van der Waals surface area contributed by atoms with Crippen molar-refractivity contribution >= 4 is 15.9 Å². The van der Waals surface area contributed by atoms with Gasteiger partial charge in [-0.15, -0.1) is 6.42 Å². The molecule has 0 bridgehead atoms. The minimum Gasteiger partial charge on any atom is -0.339 e. The molecule has 32 heavy (non-hydrogen) atoms. The summed E-state index contributed by atoms with van der Waals surface area (Å²) in [7, 11) is -3.82. The van der Waals surface area contributed by atoms with Gasteiger partial charge in [0.2, 0.25) is 15.9 Å². The first kappa shape index (κ1) is 23.4. The fourth-order valence-corrected chi connectivity index (χ4v) is 5.10. The highest BCUT2D eigenvalue weighted by Gasteiger charge is 2.31. The summed E-state index contributed by atoms with van der Waals surface area (Å²) < 4.78 is 40.3. The summed E-state index contributed by atoms with van der Waals surface area (Å²) in [5.41, 5.74) is 0.929. The fraction of sp³-hybridized carbons (Fsp3) is 0.304. The number of rotatable bonds is 7. The number of piperazine rings is 1. The van der Waals surface area contributed by atoms with Crippen LogP contribution in [0.15, 0.2) is 53.4 Å². The van der Waals surface area contributed by atoms with Crippen LogP contribution in [-0.2, 0) is 21.4 Å². The first-order chi connectivity index (χ1) is 15.3. The van der Waals surface area contributed by atoms with Crippen LogP contribution < -0.4 is 0 Å². The van der Waals surface area contributed by atoms with E-state index in [-0.39, 0.29) is 61.5 Å². The molecule has 2 aromatic carbocycles. The average Bonchev–Trinajstić information content (AvgIpc) is 2.80. The summed E-state index contributed by atoms with van der Waals surface area (Å²) in [6.45, 7) is 1.49. The van der Waals surface area contributed by atoms with Crippen LogP contribution in [0, 0.1) is 29.5 Å². The molecule has 1 fully saturated rings. The molecule has 0 saturated carbocycles. The predicted octanol–water partition coefficient (Wildman–Crippen LogP) is 1.67. The highest BCUT2D eigenvalue weighted by atomic mass is 32.2. The third-order valence-electron chi connectivity index (χ3n) is 5.21. The summed E-state index contributed by atoms with van der Waals surface area (Å²) >= 11 is 0. The zero-order chi connectivity index (χ0) is 23.1. The van der Waals surface area contributed by atoms with E-state index in [9.17, 15) is 22.9 Å². The van der Waals surface area contributed by atoms with Crippen LogP contribution >= 0.6 is 0 Å². The van der Waals surface area contributed by atoms with Crippen molar-refractivity contribution in [1.29, 1.82) is 5.26 Å². The number of nitrogens with zero attached hydrogens (tertiary/aromatic N) is 4. The molecule has 1 aliphatic rings. The lowest BCUT2D eigenvalue weighted by atomic mass is 10.2. The Morgan fingerprint density at radius 1 is 1.09 bits per heavy atom. The highest BCUT2D eigenvalue weighted by molar-refractivity contribution is 7.89. The number of hydrogen-bond acceptors (Lipinski definition) is 5. The maximum absolute atomic E-state index is 13.1. The van der Waals surface area contributed by atoms with Crippen molar-refractivity contribution in [2.24, 2.45) is 0 Å². The number of carbonyl (C=O) groups excluding carboxylic acids is 1. The molecule has 0 unspecified atom stereocenters. The molecule has 7 nitrogen and oxygen atoms in total. The molecule has 3 rings (SSSR count). The number of nitriles is 1. The van der Waals surface area contributed by atoms with Gasteiger partial charge in [-0.3, -0.25) is 9.69 Å². The second-order valence-corrected chi connectivity index (χ2v) is 9.27. The Morgan fingerprint density at radius 3 is 2.38 bits per heavy atom. The number of terminal acetylenes is 1. The predicted molar refractivity (Wildman–Crippen MR) is 117 cm³/mol. The number of amides is 1. The van der Waals surface area contributed by atoms with E-state index in [1.807, 2.05) is 6.07 Å². The zero-order valence-electron chi connectivity index (χ0n) is 17.4. The van der Waals surface area contributed by atoms with Gasteiger partial charge >= 0.3 is 0 Å². The summed E-state index contributed by atoms with van der Waals surface area (Å²) in [6, 6.07) is 14.0. The Balaban J connectivity index is 1.61. The lowest BCUT2D eigenvalue weighted by Gasteiger charge is -2.35. The van der Waals surface area contributed by atoms with Gasteiger partial charge in [-0.1, -0.05) is 30.2 Å². The van der Waals surface area contributed by atoms with Crippen molar-refractivity contribution in [2.75, 3.05) is 39.3 Å². The van der Waals surface area contributed by atoms with E-state index in [0.717, 1.165) is 5.56 Å². The second kappa shape index (κ2) is 10.4. The monoisotopic (exact) mass is 454 g/mol. The Labute approximate surface area is 187 Å². The van der Waals surface area contributed by atoms with E-state index in [0.29, 0.717) is 6.54 Å². The topological polar surface area (TPSA) is 84.7 Å². The van der Waals surface area contributed by atoms with Gasteiger partial charge in [0.25, 0.3) is 0 Å². The minimum atomic E-state index is -3.82. The van der Waals surface area contributed by atoms with Gasteiger partial charge in [0, 0.05) is 32.7 Å². The van der Waals surface area contributed by atoms with Gasteiger partial charge in [-0.2, -0.15) is 9.57 Å². The Morgan fingerprint density at radius 2 is 1.75 bits per heavy atom. The van der Waals surface area contributed by atoms with Crippen LogP contribution in [0.5, 0.6) is 0 Å². The molecule has 166 valence electrons. The second-order valence-electron chi connectivity index (χ2n) is 7.37. The molecule has 1 aliphatic heterocycles. The Kier molecular flexibility index (Phi) is 7.60. The summed E-state index contributed by atoms with van der Waals surface area (Å²) in [6.07, 6.45) is 5.43. The summed E-state index contributed by atoms with van der Waals surface area (Å²) in [4.78, 5) is 16.2. The van der Waals surface area contributed by atoms with Gasteiger partial charge in [-0.25, -0.2) is 12.8 Å². The van der Waals surface area contributed by atoms with E-state index in [1.165, 1.54) is 28.6 Å². The normalized spacial score (nSPS) is 14.7. The molecule has 1 heterocycles. The van der Waals surface area contributed by atoms with Gasteiger partial charge in [0.15, 0.2) is 0 Å². The van der Waals surface area contributed by atoms with Crippen LogP contribution in [0.2, 0.25) is 0 Å². The Hall–Kier alpha value is -3.24. The SMILES string of the molecule is C#CCN(CC(=O)N1CCN(S(=O)(=O)c2ccccc2C#N)CC1)Cc1ccc(F)cc1. The number of carbonyl (C=O) groups is 1. The van der Waals surface area contributed by atoms with E-state index in [4.69, 9.17) is 6.42 Å². The lowest BCUT2D eigenvalue weighted by molar-refractivity contribution is -0.133. The summed E-state index contributed by atoms with van der Waals surface area (Å²) in [5.74, 6) is 2.04. The van der Waals surface area contributed by atoms with Crippen molar-refractivity contribution < 1.29 is 17.6 Å². The molecular weight excluding hydrogens is 431 g/mol. The van der Waals surface area contributed by atoms with Gasteiger partial charge in [-0.05, 0) is 29.8 Å². The maximum atomic E-state index is 13.1. The van der Waals surface area contributed by atoms with Crippen LogP contribution in [0.4, 0.5) is 4.39 Å². The highest BCUT2D eigenvalue weighted by Crippen LogP contribution is 2.21. The molecule has 1 saturated heterocycles. The van der Waals surface area contributed by atoms with Crippen LogP contribution in [0.25, 0.3) is 0 Å². The minimum absolute atomic E-state index is 0.0261. The van der Waals surface area contributed by atoms with E-state index in [2.05, 4.69) is 5.92 Å². The molecule has 9 heteroatoms. The smallest absolute Gasteiger partial charge is 0.244 e. The van der Waals surface area contributed by atoms with Crippen molar-refractivity contribution in [2.45, 2.75) is 11.4 Å². The third-order valence-corrected chi connectivity index (χ3v) is 7.17. The number of sulfonamides is 1. The van der Waals surface area contributed by atoms with Crippen molar-refractivity contribution in [3.8, 4) is 18.4 Å². The van der Waals surface area contributed by atoms with Crippen LogP contribution in [0.3, 0.4) is 0 Å². The molecule has 0 atom stereocenters. The molecule has 0 N–H and O–H groups in total. The first-order valence-corrected chi connectivity index (χ1v) is 11.5. The molecule has 2 aromatic rings. The van der Waals surface area contributed by atoms with E-state index >= 15 is 0 Å². The van der Waals surface area contributed by atoms with E-state index in [1.54, 1.807) is 34.1 Å². The molecule has 0 radical (unpaired) electrons. The Bertz CT molecular complexity index is 1140. The molecule has 0 aromatic heterocycles. The quantitative estimate of drug-likeness (QED) is 0.594. The van der Waals surface area contributed by atoms with Gasteiger partial charge < -0.3 is 4.90 Å². The molecule has 0 aliphatic carbocycles. The zero-order valence-corrected chi connectivity index (χ0v) is 18.3. The molecule has 1 amide bonds. The largest absolute Gasteiger partial charge is 0.339 e. The molecule has 0 spiro atoms. The van der Waals surface area contributed by atoms with Crippen LogP contribution in [0.1, 0.15) is 11.1 Å². The maximum Gasteiger partial charge on any atom is 0.244 e. The van der Waals surface area contributed by atoms with Crippen LogP contribution in [-0.4, -0.2) is 67.7 Å². The number of benzene rings is 2. The van der Waals surface area contributed by atoms with Gasteiger partial charge in [0.05, 0.1) is 23.5 Å². The third kappa shape index (κ3) is 5.51.